The third-order valence-electron chi connectivity index (χ3n) is 4.24. The Labute approximate surface area is 109 Å². The third-order valence-corrected chi connectivity index (χ3v) is 7.16. The average molecular weight is 270 g/mol. The molecule has 3 aliphatic rings. The van der Waals surface area contributed by atoms with Crippen LogP contribution in [0.15, 0.2) is 0 Å². The highest BCUT2D eigenvalue weighted by atomic mass is 28.4. The van der Waals surface area contributed by atoms with Crippen LogP contribution >= 0.6 is 0 Å². The molecule has 2 bridgehead atoms. The summed E-state index contributed by atoms with van der Waals surface area (Å²) in [6, 6.07) is 0.940. The van der Waals surface area contributed by atoms with E-state index in [1.807, 2.05) is 0 Å². The zero-order valence-corrected chi connectivity index (χ0v) is 11.8. The fraction of sp³-hybridized carbons (Fsp3) is 0.923. The molecule has 2 atom stereocenters. The van der Waals surface area contributed by atoms with Crippen LogP contribution in [0, 0.1) is 0 Å². The number of carbonyl (C=O) groups excluding carboxylic acids is 1. The summed E-state index contributed by atoms with van der Waals surface area (Å²) in [4.78, 5) is 10.3. The van der Waals surface area contributed by atoms with Crippen molar-refractivity contribution in [2.24, 2.45) is 0 Å². The number of aldehydes is 1. The Balaban J connectivity index is 1.52. The molecule has 0 radical (unpaired) electrons. The second kappa shape index (κ2) is 5.41. The summed E-state index contributed by atoms with van der Waals surface area (Å²) < 4.78 is 18.4. The Morgan fingerprint density at radius 1 is 1.00 bits per heavy atom. The lowest BCUT2D eigenvalue weighted by atomic mass is 10.1. The molecule has 0 spiro atoms. The molecular formula is C13H22O4Si. The second-order valence-electron chi connectivity index (χ2n) is 5.63. The second-order valence-corrected chi connectivity index (χ2v) is 8.20. The molecule has 0 N–H and O–H groups in total. The monoisotopic (exact) mass is 270 g/mol. The van der Waals surface area contributed by atoms with E-state index in [0.717, 1.165) is 44.4 Å². The van der Waals surface area contributed by atoms with Gasteiger partial charge in [-0.05, 0) is 25.7 Å². The van der Waals surface area contributed by atoms with Crippen molar-refractivity contribution >= 4 is 15.1 Å². The molecule has 0 amide bonds. The summed E-state index contributed by atoms with van der Waals surface area (Å²) in [6.45, 7) is 0. The summed E-state index contributed by atoms with van der Waals surface area (Å²) in [6.07, 6.45) is 10.4. The minimum atomic E-state index is -2.31. The van der Waals surface area contributed by atoms with E-state index in [9.17, 15) is 4.79 Å². The molecule has 5 heteroatoms. The molecule has 0 aromatic rings. The first kappa shape index (κ1) is 12.8. The van der Waals surface area contributed by atoms with Gasteiger partial charge in [0, 0.05) is 12.5 Å². The van der Waals surface area contributed by atoms with Gasteiger partial charge >= 0.3 is 8.80 Å². The maximum atomic E-state index is 10.3. The lowest BCUT2D eigenvalue weighted by molar-refractivity contribution is -0.107. The molecule has 2 heterocycles. The Morgan fingerprint density at radius 3 is 2.39 bits per heavy atom. The van der Waals surface area contributed by atoms with Crippen molar-refractivity contribution in [1.82, 2.24) is 0 Å². The number of fused-ring (bicyclic) bond motifs is 1. The number of rotatable bonds is 6. The number of carbonyl (C=O) groups is 1. The summed E-state index contributed by atoms with van der Waals surface area (Å²) >= 11 is 0. The van der Waals surface area contributed by atoms with E-state index < -0.39 is 8.80 Å². The van der Waals surface area contributed by atoms with E-state index in [1.165, 1.54) is 12.8 Å². The van der Waals surface area contributed by atoms with Gasteiger partial charge in [-0.15, -0.1) is 0 Å². The molecule has 2 saturated heterocycles. The fourth-order valence-corrected chi connectivity index (χ4v) is 6.69. The number of hydrogen-bond acceptors (Lipinski definition) is 4. The molecule has 102 valence electrons. The van der Waals surface area contributed by atoms with Crippen molar-refractivity contribution in [2.75, 3.05) is 0 Å². The van der Waals surface area contributed by atoms with Crippen LogP contribution in [0.4, 0.5) is 0 Å². The fourth-order valence-electron chi connectivity index (χ4n) is 3.34. The van der Waals surface area contributed by atoms with E-state index >= 15 is 0 Å². The molecule has 0 aromatic heterocycles. The quantitative estimate of drug-likeness (QED) is 0.422. The van der Waals surface area contributed by atoms with Crippen molar-refractivity contribution < 1.29 is 18.1 Å². The smallest absolute Gasteiger partial charge is 0.368 e. The summed E-state index contributed by atoms with van der Waals surface area (Å²) in [5.41, 5.74) is 0. The van der Waals surface area contributed by atoms with E-state index in [4.69, 9.17) is 13.3 Å². The molecule has 1 saturated carbocycles. The van der Waals surface area contributed by atoms with Crippen molar-refractivity contribution in [3.8, 4) is 0 Å². The van der Waals surface area contributed by atoms with Gasteiger partial charge in [-0.3, -0.25) is 0 Å². The van der Waals surface area contributed by atoms with Crippen LogP contribution < -0.4 is 0 Å². The zero-order valence-electron chi connectivity index (χ0n) is 10.8. The first-order valence-corrected chi connectivity index (χ1v) is 9.23. The first-order chi connectivity index (χ1) is 8.83. The van der Waals surface area contributed by atoms with E-state index in [-0.39, 0.29) is 6.10 Å². The van der Waals surface area contributed by atoms with Gasteiger partial charge in [0.05, 0.1) is 18.3 Å². The minimum Gasteiger partial charge on any atom is -0.368 e. The van der Waals surface area contributed by atoms with Crippen molar-refractivity contribution in [1.29, 1.82) is 0 Å². The van der Waals surface area contributed by atoms with Gasteiger partial charge in [-0.25, -0.2) is 0 Å². The van der Waals surface area contributed by atoms with E-state index in [0.29, 0.717) is 18.6 Å². The predicted molar refractivity (Wildman–Crippen MR) is 68.2 cm³/mol. The van der Waals surface area contributed by atoms with Gasteiger partial charge in [0.2, 0.25) is 0 Å². The Morgan fingerprint density at radius 2 is 1.72 bits per heavy atom. The number of unbranched alkanes of at least 4 members (excludes halogenated alkanes) is 3. The Bertz CT molecular complexity index is 288. The van der Waals surface area contributed by atoms with Gasteiger partial charge in [-0.1, -0.05) is 19.3 Å². The number of hydrogen-bond donors (Lipinski definition) is 0. The normalized spacial score (nSPS) is 41.9. The van der Waals surface area contributed by atoms with Crippen LogP contribution in [0.25, 0.3) is 0 Å². The molecule has 3 rings (SSSR count). The summed E-state index contributed by atoms with van der Waals surface area (Å²) in [5.74, 6) is 0. The van der Waals surface area contributed by atoms with Crippen LogP contribution in [0.3, 0.4) is 0 Å². The molecule has 18 heavy (non-hydrogen) atoms. The average Bonchev–Trinajstić information content (AvgIpc) is 2.87. The highest BCUT2D eigenvalue weighted by molar-refractivity contribution is 6.62. The molecule has 2 unspecified atom stereocenters. The molecular weight excluding hydrogens is 248 g/mol. The lowest BCUT2D eigenvalue weighted by Crippen LogP contribution is -2.44. The maximum absolute atomic E-state index is 10.3. The summed E-state index contributed by atoms with van der Waals surface area (Å²) in [7, 11) is -2.31. The van der Waals surface area contributed by atoms with Gasteiger partial charge in [0.25, 0.3) is 0 Å². The molecule has 0 aromatic carbocycles. The van der Waals surface area contributed by atoms with E-state index in [2.05, 4.69) is 0 Å². The summed E-state index contributed by atoms with van der Waals surface area (Å²) in [5, 5.41) is 0. The largest absolute Gasteiger partial charge is 0.502 e. The van der Waals surface area contributed by atoms with Crippen LogP contribution in [-0.4, -0.2) is 33.4 Å². The molecule has 4 nitrogen and oxygen atoms in total. The van der Waals surface area contributed by atoms with Gasteiger partial charge in [0.1, 0.15) is 6.29 Å². The van der Waals surface area contributed by atoms with Crippen LogP contribution in [0.2, 0.25) is 6.04 Å². The molecule has 2 aliphatic heterocycles. The van der Waals surface area contributed by atoms with Crippen LogP contribution in [0.5, 0.6) is 0 Å². The van der Waals surface area contributed by atoms with Gasteiger partial charge in [-0.2, -0.15) is 0 Å². The predicted octanol–water partition coefficient (Wildman–Crippen LogP) is 2.44. The maximum Gasteiger partial charge on any atom is 0.502 e. The van der Waals surface area contributed by atoms with Crippen molar-refractivity contribution in [3.05, 3.63) is 0 Å². The van der Waals surface area contributed by atoms with Crippen LogP contribution in [0.1, 0.15) is 51.4 Å². The van der Waals surface area contributed by atoms with E-state index in [1.54, 1.807) is 0 Å². The molecule has 3 fully saturated rings. The third kappa shape index (κ3) is 2.41. The van der Waals surface area contributed by atoms with Gasteiger partial charge < -0.3 is 18.1 Å². The first-order valence-electron chi connectivity index (χ1n) is 7.30. The molecule has 1 aliphatic carbocycles. The Kier molecular flexibility index (Phi) is 3.84. The minimum absolute atomic E-state index is 0.231. The lowest BCUT2D eigenvalue weighted by Gasteiger charge is -2.28. The highest BCUT2D eigenvalue weighted by Gasteiger charge is 2.63. The van der Waals surface area contributed by atoms with Gasteiger partial charge in [0.15, 0.2) is 0 Å². The standard InChI is InChI=1S/C13H22O4Si/c14-9-5-1-2-6-10-18-15-11-7-3-4-8-12(16-18)13(11)17-18/h9,11-13H,1-8,10H2. The van der Waals surface area contributed by atoms with Crippen LogP contribution in [-0.2, 0) is 18.1 Å². The zero-order chi connectivity index (χ0) is 12.4. The SMILES string of the molecule is O=CCCCCC[Si]12OC3CCCCC(O1)C3O2. The Hall–Kier alpha value is -0.233. The van der Waals surface area contributed by atoms with Crippen molar-refractivity contribution in [3.63, 3.8) is 0 Å². The highest BCUT2D eigenvalue weighted by Crippen LogP contribution is 2.45. The van der Waals surface area contributed by atoms with Crippen molar-refractivity contribution in [2.45, 2.75) is 75.7 Å². The topological polar surface area (TPSA) is 44.8 Å².